The van der Waals surface area contributed by atoms with Crippen molar-refractivity contribution in [1.82, 2.24) is 4.98 Å². The Morgan fingerprint density at radius 2 is 1.76 bits per heavy atom. The van der Waals surface area contributed by atoms with Gasteiger partial charge in [-0.2, -0.15) is 0 Å². The standard InChI is InChI=1S/C28H28Cl2N2O4S/c29-23-8-4-9-24(30)22(23)16-37(35,36)17-11-12-26-20(14-17)21(28(34)32-26)15-27-19(7-5-13-33)18-6-2-1-3-10-25(18)31-27/h4,8-9,11-12,14-15,31,33H,1-3,5-7,10,13,16H2,(H,32,34)/b21-15-. The maximum absolute atomic E-state index is 13.3. The number of carbonyl (C=O) groups excluding carboxylic acids is 1. The lowest BCUT2D eigenvalue weighted by molar-refractivity contribution is -0.110. The number of rotatable bonds is 7. The van der Waals surface area contributed by atoms with Gasteiger partial charge in [0.2, 0.25) is 0 Å². The van der Waals surface area contributed by atoms with Gasteiger partial charge in [0.15, 0.2) is 9.84 Å². The smallest absolute Gasteiger partial charge is 0.256 e. The molecule has 0 spiro atoms. The van der Waals surface area contributed by atoms with Crippen LogP contribution < -0.4 is 5.32 Å². The number of aryl methyl sites for hydroxylation is 1. The number of H-pyrrole nitrogens is 1. The van der Waals surface area contributed by atoms with E-state index in [0.29, 0.717) is 35.2 Å². The molecule has 0 bridgehead atoms. The summed E-state index contributed by atoms with van der Waals surface area (Å²) in [6.07, 6.45) is 8.52. The van der Waals surface area contributed by atoms with Crippen LogP contribution in [0.4, 0.5) is 5.69 Å². The molecule has 0 saturated carbocycles. The summed E-state index contributed by atoms with van der Waals surface area (Å²) in [4.78, 5) is 16.6. The minimum Gasteiger partial charge on any atom is -0.396 e. The molecule has 2 heterocycles. The van der Waals surface area contributed by atoms with E-state index in [4.69, 9.17) is 23.2 Å². The molecule has 1 aliphatic carbocycles. The highest BCUT2D eigenvalue weighted by Crippen LogP contribution is 2.38. The molecule has 0 unspecified atom stereocenters. The summed E-state index contributed by atoms with van der Waals surface area (Å²) < 4.78 is 26.6. The van der Waals surface area contributed by atoms with E-state index in [1.165, 1.54) is 23.7 Å². The molecule has 5 rings (SSSR count). The van der Waals surface area contributed by atoms with Crippen LogP contribution in [0.15, 0.2) is 41.3 Å². The van der Waals surface area contributed by atoms with Gasteiger partial charge in [0.1, 0.15) is 0 Å². The van der Waals surface area contributed by atoms with Gasteiger partial charge in [-0.3, -0.25) is 4.79 Å². The first kappa shape index (κ1) is 26.0. The van der Waals surface area contributed by atoms with Gasteiger partial charge in [0.25, 0.3) is 5.91 Å². The molecular weight excluding hydrogens is 531 g/mol. The molecule has 2 aromatic carbocycles. The Balaban J connectivity index is 1.54. The zero-order chi connectivity index (χ0) is 26.2. The molecule has 0 saturated heterocycles. The summed E-state index contributed by atoms with van der Waals surface area (Å²) >= 11 is 12.4. The SMILES string of the molecule is O=C1Nc2ccc(S(=O)(=O)Cc3c(Cl)cccc3Cl)cc2/C1=C/c1[nH]c2c(c1CCCO)CCCCC2. The van der Waals surface area contributed by atoms with Crippen LogP contribution in [0.25, 0.3) is 11.6 Å². The highest BCUT2D eigenvalue weighted by molar-refractivity contribution is 7.90. The van der Waals surface area contributed by atoms with Gasteiger partial charge in [-0.1, -0.05) is 35.7 Å². The number of anilines is 1. The Morgan fingerprint density at radius 1 is 1.00 bits per heavy atom. The first-order valence-corrected chi connectivity index (χ1v) is 14.9. The van der Waals surface area contributed by atoms with E-state index >= 15 is 0 Å². The molecule has 1 amide bonds. The molecule has 2 aliphatic rings. The van der Waals surface area contributed by atoms with Gasteiger partial charge in [0.05, 0.1) is 16.2 Å². The summed E-state index contributed by atoms with van der Waals surface area (Å²) in [5.74, 6) is -0.629. The summed E-state index contributed by atoms with van der Waals surface area (Å²) in [6.45, 7) is 0.0932. The monoisotopic (exact) mass is 558 g/mol. The normalized spacial score (nSPS) is 16.4. The first-order valence-electron chi connectivity index (χ1n) is 12.4. The minimum absolute atomic E-state index is 0.0902. The molecule has 1 aromatic heterocycles. The van der Waals surface area contributed by atoms with Crippen molar-refractivity contribution in [3.05, 3.63) is 80.1 Å². The van der Waals surface area contributed by atoms with Gasteiger partial charge in [-0.05, 0) is 86.1 Å². The second-order valence-corrected chi connectivity index (χ2v) is 12.3. The number of carbonyl (C=O) groups is 1. The lowest BCUT2D eigenvalue weighted by atomic mass is 9.98. The van der Waals surface area contributed by atoms with E-state index < -0.39 is 9.84 Å². The van der Waals surface area contributed by atoms with Gasteiger partial charge in [-0.15, -0.1) is 0 Å². The number of benzene rings is 2. The topological polar surface area (TPSA) is 99.3 Å². The van der Waals surface area contributed by atoms with Crippen molar-refractivity contribution in [3.63, 3.8) is 0 Å². The fraction of sp³-hybridized carbons (Fsp3) is 0.321. The third-order valence-electron chi connectivity index (χ3n) is 7.10. The fourth-order valence-corrected chi connectivity index (χ4v) is 7.33. The van der Waals surface area contributed by atoms with Crippen molar-refractivity contribution in [2.75, 3.05) is 11.9 Å². The maximum atomic E-state index is 13.3. The van der Waals surface area contributed by atoms with E-state index in [-0.39, 0.29) is 33.2 Å². The highest BCUT2D eigenvalue weighted by atomic mass is 35.5. The zero-order valence-corrected chi connectivity index (χ0v) is 22.6. The van der Waals surface area contributed by atoms with Crippen molar-refractivity contribution in [2.24, 2.45) is 0 Å². The van der Waals surface area contributed by atoms with Crippen LogP contribution in [0.5, 0.6) is 0 Å². The second-order valence-electron chi connectivity index (χ2n) is 9.54. The Hall–Kier alpha value is -2.58. The number of sulfone groups is 1. The number of halogens is 2. The van der Waals surface area contributed by atoms with Crippen molar-refractivity contribution < 1.29 is 18.3 Å². The summed E-state index contributed by atoms with van der Waals surface area (Å²) in [5, 5.41) is 12.9. The van der Waals surface area contributed by atoms with Crippen LogP contribution in [0.2, 0.25) is 10.0 Å². The number of nitrogens with one attached hydrogen (secondary N) is 2. The molecule has 0 radical (unpaired) electrons. The van der Waals surface area contributed by atoms with Gasteiger partial charge in [-0.25, -0.2) is 8.42 Å². The maximum Gasteiger partial charge on any atom is 0.256 e. The first-order chi connectivity index (χ1) is 17.8. The minimum atomic E-state index is -3.79. The molecule has 1 aliphatic heterocycles. The average molecular weight is 560 g/mol. The number of hydrogen-bond acceptors (Lipinski definition) is 4. The molecular formula is C28H28Cl2N2O4S. The molecule has 0 atom stereocenters. The van der Waals surface area contributed by atoms with Crippen LogP contribution >= 0.6 is 23.2 Å². The molecule has 37 heavy (non-hydrogen) atoms. The molecule has 0 fully saturated rings. The largest absolute Gasteiger partial charge is 0.396 e. The molecule has 194 valence electrons. The van der Waals surface area contributed by atoms with Crippen LogP contribution in [0.1, 0.15) is 59.3 Å². The number of amides is 1. The van der Waals surface area contributed by atoms with E-state index in [9.17, 15) is 18.3 Å². The van der Waals surface area contributed by atoms with Gasteiger partial charge >= 0.3 is 0 Å². The van der Waals surface area contributed by atoms with Gasteiger partial charge in [0, 0.05) is 44.9 Å². The molecule has 3 N–H and O–H groups in total. The lowest BCUT2D eigenvalue weighted by Gasteiger charge is -2.10. The quantitative estimate of drug-likeness (QED) is 0.245. The number of aliphatic hydroxyl groups excluding tert-OH is 1. The van der Waals surface area contributed by atoms with Crippen molar-refractivity contribution in [3.8, 4) is 0 Å². The number of hydrogen-bond donors (Lipinski definition) is 3. The number of aromatic amines is 1. The van der Waals surface area contributed by atoms with Crippen LogP contribution in [-0.4, -0.2) is 31.0 Å². The third-order valence-corrected chi connectivity index (χ3v) is 9.44. The predicted octanol–water partition coefficient (Wildman–Crippen LogP) is 5.98. The Bertz CT molecular complexity index is 1490. The summed E-state index contributed by atoms with van der Waals surface area (Å²) in [6, 6.07) is 9.53. The number of aromatic nitrogens is 1. The zero-order valence-electron chi connectivity index (χ0n) is 20.2. The number of fused-ring (bicyclic) bond motifs is 2. The Kier molecular flexibility index (Phi) is 7.50. The van der Waals surface area contributed by atoms with Crippen molar-refractivity contribution in [1.29, 1.82) is 0 Å². The van der Waals surface area contributed by atoms with Gasteiger partial charge < -0.3 is 15.4 Å². The van der Waals surface area contributed by atoms with Crippen LogP contribution in [-0.2, 0) is 39.6 Å². The van der Waals surface area contributed by atoms with E-state index in [2.05, 4.69) is 10.3 Å². The van der Waals surface area contributed by atoms with E-state index in [1.807, 2.05) is 6.08 Å². The van der Waals surface area contributed by atoms with E-state index in [1.54, 1.807) is 30.3 Å². The summed E-state index contributed by atoms with van der Waals surface area (Å²) in [7, 11) is -3.79. The van der Waals surface area contributed by atoms with Crippen molar-refractivity contribution in [2.45, 2.75) is 55.6 Å². The van der Waals surface area contributed by atoms with E-state index in [0.717, 1.165) is 36.9 Å². The molecule has 3 aromatic rings. The van der Waals surface area contributed by atoms with Crippen molar-refractivity contribution >= 4 is 56.3 Å². The average Bonchev–Trinajstić information content (AvgIpc) is 3.24. The fourth-order valence-electron chi connectivity index (χ4n) is 5.21. The highest BCUT2D eigenvalue weighted by Gasteiger charge is 2.29. The molecule has 9 heteroatoms. The second kappa shape index (κ2) is 10.7. The number of aliphatic hydroxyl groups is 1. The molecule has 6 nitrogen and oxygen atoms in total. The lowest BCUT2D eigenvalue weighted by Crippen LogP contribution is -2.06. The summed E-state index contributed by atoms with van der Waals surface area (Å²) in [5.41, 5.74) is 6.34. The predicted molar refractivity (Wildman–Crippen MR) is 148 cm³/mol. The Labute approximate surface area is 226 Å². The third kappa shape index (κ3) is 5.23. The van der Waals surface area contributed by atoms with Crippen LogP contribution in [0.3, 0.4) is 0 Å². The van der Waals surface area contributed by atoms with Crippen LogP contribution in [0, 0.1) is 0 Å². The Morgan fingerprint density at radius 3 is 2.51 bits per heavy atom.